The van der Waals surface area contributed by atoms with E-state index in [9.17, 15) is 14.9 Å². The molecule has 0 aliphatic carbocycles. The maximum absolute atomic E-state index is 12.5. The van der Waals surface area contributed by atoms with Crippen LogP contribution < -0.4 is 24.4 Å². The highest BCUT2D eigenvalue weighted by molar-refractivity contribution is 5.92. The van der Waals surface area contributed by atoms with Gasteiger partial charge in [0.1, 0.15) is 6.54 Å². The van der Waals surface area contributed by atoms with E-state index in [1.807, 2.05) is 26.1 Å². The summed E-state index contributed by atoms with van der Waals surface area (Å²) in [5.74, 6) is 1.20. The first kappa shape index (κ1) is 23.0. The average Bonchev–Trinajstić information content (AvgIpc) is 2.69. The van der Waals surface area contributed by atoms with Gasteiger partial charge < -0.3 is 24.4 Å². The first-order valence-electron chi connectivity index (χ1n) is 9.35. The Morgan fingerprint density at radius 2 is 1.60 bits per heavy atom. The number of hydrogen-bond acceptors (Lipinski definition) is 6. The molecule has 0 radical (unpaired) electrons. The number of carbonyl (C=O) groups excluding carboxylic acids is 1. The monoisotopic (exact) mass is 418 g/mol. The third-order valence-corrected chi connectivity index (χ3v) is 4.79. The van der Waals surface area contributed by atoms with Gasteiger partial charge in [-0.2, -0.15) is 0 Å². The van der Waals surface area contributed by atoms with Crippen LogP contribution >= 0.6 is 0 Å². The van der Waals surface area contributed by atoms with E-state index in [0.717, 1.165) is 16.0 Å². The predicted molar refractivity (Wildman–Crippen MR) is 113 cm³/mol. The number of nitro benzene ring substituents is 1. The summed E-state index contributed by atoms with van der Waals surface area (Å²) in [5, 5.41) is 13.9. The number of anilines is 1. The highest BCUT2D eigenvalue weighted by atomic mass is 16.6. The summed E-state index contributed by atoms with van der Waals surface area (Å²) in [6.45, 7) is 4.51. The van der Waals surface area contributed by atoms with E-state index < -0.39 is 4.92 Å². The fraction of sp³-hybridized carbons (Fsp3) is 0.381. The molecule has 9 heteroatoms. The van der Waals surface area contributed by atoms with Crippen molar-refractivity contribution >= 4 is 17.3 Å². The fourth-order valence-electron chi connectivity index (χ4n) is 3.18. The van der Waals surface area contributed by atoms with Crippen molar-refractivity contribution < 1.29 is 28.8 Å². The van der Waals surface area contributed by atoms with Gasteiger partial charge in [-0.05, 0) is 37.1 Å². The van der Waals surface area contributed by atoms with Gasteiger partial charge in [0.25, 0.3) is 5.91 Å². The lowest BCUT2D eigenvalue weighted by molar-refractivity contribution is -0.885. The molecule has 0 heterocycles. The first-order chi connectivity index (χ1) is 14.2. The van der Waals surface area contributed by atoms with Crippen molar-refractivity contribution in [2.75, 3.05) is 40.2 Å². The summed E-state index contributed by atoms with van der Waals surface area (Å²) >= 11 is 0. The van der Waals surface area contributed by atoms with Crippen molar-refractivity contribution in [3.05, 3.63) is 51.1 Å². The molecule has 2 N–H and O–H groups in total. The number of nitrogens with zero attached hydrogens (tertiary/aromatic N) is 1. The summed E-state index contributed by atoms with van der Waals surface area (Å²) in [6.07, 6.45) is 0. The average molecular weight is 418 g/mol. The van der Waals surface area contributed by atoms with Gasteiger partial charge in [-0.1, -0.05) is 0 Å². The number of amides is 1. The lowest BCUT2D eigenvalue weighted by atomic mass is 10.1. The van der Waals surface area contributed by atoms with E-state index in [4.69, 9.17) is 14.2 Å². The van der Waals surface area contributed by atoms with Crippen LogP contribution in [0.15, 0.2) is 24.3 Å². The second kappa shape index (κ2) is 9.93. The van der Waals surface area contributed by atoms with Crippen LogP contribution in [0, 0.1) is 24.0 Å². The van der Waals surface area contributed by atoms with Crippen molar-refractivity contribution in [1.29, 1.82) is 0 Å². The van der Waals surface area contributed by atoms with Crippen molar-refractivity contribution in [1.82, 2.24) is 0 Å². The Hall–Kier alpha value is -3.33. The number of nitro groups is 1. The molecule has 1 amide bonds. The number of likely N-dealkylation sites (N-methyl/N-ethyl adjacent to an activating group) is 1. The number of nitrogens with one attached hydrogen (secondary N) is 2. The molecule has 0 saturated heterocycles. The molecule has 0 fully saturated rings. The van der Waals surface area contributed by atoms with Crippen molar-refractivity contribution in [3.8, 4) is 17.2 Å². The minimum Gasteiger partial charge on any atom is -0.493 e. The summed E-state index contributed by atoms with van der Waals surface area (Å²) in [5.41, 5.74) is 3.02. The van der Waals surface area contributed by atoms with Crippen LogP contribution in [0.4, 0.5) is 11.4 Å². The molecule has 0 aliphatic heterocycles. The zero-order valence-corrected chi connectivity index (χ0v) is 18.1. The molecular weight excluding hydrogens is 390 g/mol. The molecule has 0 bridgehead atoms. The second-order valence-electron chi connectivity index (χ2n) is 7.09. The fourth-order valence-corrected chi connectivity index (χ4v) is 3.18. The van der Waals surface area contributed by atoms with Gasteiger partial charge in [0.15, 0.2) is 23.8 Å². The van der Waals surface area contributed by atoms with Gasteiger partial charge >= 0.3 is 5.69 Å². The van der Waals surface area contributed by atoms with Gasteiger partial charge in [-0.15, -0.1) is 0 Å². The lowest BCUT2D eigenvalue weighted by Crippen LogP contribution is -3.08. The molecule has 1 unspecified atom stereocenters. The standard InChI is InChI=1S/C21H27N3O6/c1-13-8-19(29-5)20(30-6)9-15(13)11-23(3)12-21(25)22-16-10-18(28-4)17(24(26)27)7-14(16)2/h7-10H,11-12H2,1-6H3,(H,22,25)/p+1. The molecule has 2 aromatic carbocycles. The van der Waals surface area contributed by atoms with E-state index >= 15 is 0 Å². The SMILES string of the molecule is COc1cc(C)c(C[NH+](C)CC(=O)Nc2cc(OC)c([N+](=O)[O-])cc2C)cc1OC. The van der Waals surface area contributed by atoms with Gasteiger partial charge in [0.05, 0.1) is 33.3 Å². The number of benzene rings is 2. The van der Waals surface area contributed by atoms with Crippen molar-refractivity contribution in [3.63, 3.8) is 0 Å². The molecule has 0 aliphatic rings. The van der Waals surface area contributed by atoms with Crippen LogP contribution in [0.1, 0.15) is 16.7 Å². The minimum atomic E-state index is -0.513. The largest absolute Gasteiger partial charge is 0.493 e. The van der Waals surface area contributed by atoms with E-state index in [2.05, 4.69) is 5.32 Å². The summed E-state index contributed by atoms with van der Waals surface area (Å²) in [4.78, 5) is 24.1. The molecule has 30 heavy (non-hydrogen) atoms. The highest BCUT2D eigenvalue weighted by Crippen LogP contribution is 2.33. The second-order valence-corrected chi connectivity index (χ2v) is 7.09. The number of carbonyl (C=O) groups is 1. The number of methoxy groups -OCH3 is 3. The first-order valence-corrected chi connectivity index (χ1v) is 9.35. The zero-order valence-electron chi connectivity index (χ0n) is 18.1. The van der Waals surface area contributed by atoms with Crippen LogP contribution in [0.5, 0.6) is 17.2 Å². The van der Waals surface area contributed by atoms with E-state index in [1.54, 1.807) is 21.1 Å². The quantitative estimate of drug-likeness (QED) is 0.476. The van der Waals surface area contributed by atoms with Gasteiger partial charge in [-0.25, -0.2) is 0 Å². The molecule has 162 valence electrons. The summed E-state index contributed by atoms with van der Waals surface area (Å²) in [7, 11) is 6.45. The van der Waals surface area contributed by atoms with Crippen LogP contribution in [-0.4, -0.2) is 45.8 Å². The van der Waals surface area contributed by atoms with Crippen LogP contribution in [0.3, 0.4) is 0 Å². The van der Waals surface area contributed by atoms with Gasteiger partial charge in [0.2, 0.25) is 0 Å². The molecular formula is C21H28N3O6+. The third-order valence-electron chi connectivity index (χ3n) is 4.79. The van der Waals surface area contributed by atoms with Crippen LogP contribution in [-0.2, 0) is 11.3 Å². The van der Waals surface area contributed by atoms with E-state index in [0.29, 0.717) is 29.3 Å². The molecule has 2 rings (SSSR count). The number of rotatable bonds is 9. The zero-order chi connectivity index (χ0) is 22.4. The predicted octanol–water partition coefficient (Wildman–Crippen LogP) is 1.89. The van der Waals surface area contributed by atoms with E-state index in [1.165, 1.54) is 19.2 Å². The Morgan fingerprint density at radius 3 is 2.17 bits per heavy atom. The van der Waals surface area contributed by atoms with Gasteiger partial charge in [-0.3, -0.25) is 14.9 Å². The Kier molecular flexibility index (Phi) is 7.60. The lowest BCUT2D eigenvalue weighted by Gasteiger charge is -2.18. The minimum absolute atomic E-state index is 0.0996. The maximum Gasteiger partial charge on any atom is 0.311 e. The highest BCUT2D eigenvalue weighted by Gasteiger charge is 2.20. The van der Waals surface area contributed by atoms with E-state index in [-0.39, 0.29) is 23.9 Å². The Bertz CT molecular complexity index is 945. The number of ether oxygens (including phenoxy) is 3. The molecule has 9 nitrogen and oxygen atoms in total. The topological polar surface area (TPSA) is 104 Å². The Morgan fingerprint density at radius 1 is 1.00 bits per heavy atom. The van der Waals surface area contributed by atoms with Gasteiger partial charge in [0, 0.05) is 23.4 Å². The number of aryl methyl sites for hydroxylation is 2. The van der Waals surface area contributed by atoms with Crippen molar-refractivity contribution in [2.24, 2.45) is 0 Å². The molecule has 1 atom stereocenters. The normalized spacial score (nSPS) is 11.5. The maximum atomic E-state index is 12.5. The molecule has 0 aromatic heterocycles. The third kappa shape index (κ3) is 5.38. The molecule has 0 spiro atoms. The number of hydrogen-bond donors (Lipinski definition) is 2. The smallest absolute Gasteiger partial charge is 0.311 e. The Balaban J connectivity index is 2.09. The summed E-state index contributed by atoms with van der Waals surface area (Å²) in [6, 6.07) is 6.69. The molecule has 0 saturated carbocycles. The van der Waals surface area contributed by atoms with Crippen LogP contribution in [0.25, 0.3) is 0 Å². The number of quaternary nitrogens is 1. The van der Waals surface area contributed by atoms with Crippen molar-refractivity contribution in [2.45, 2.75) is 20.4 Å². The van der Waals surface area contributed by atoms with Crippen LogP contribution in [0.2, 0.25) is 0 Å². The summed E-state index contributed by atoms with van der Waals surface area (Å²) < 4.78 is 15.8. The Labute approximate surface area is 175 Å². The molecule has 2 aromatic rings.